The minimum atomic E-state index is 0.458. The maximum atomic E-state index is 6.30. The second-order valence-electron chi connectivity index (χ2n) is 12.4. The molecule has 172 valence electrons. The first-order chi connectivity index (χ1) is 14.2. The summed E-state index contributed by atoms with van der Waals surface area (Å²) in [7, 11) is 3.91. The number of hydrogen-bond donors (Lipinski definition) is 0. The van der Waals surface area contributed by atoms with Gasteiger partial charge < -0.3 is 9.47 Å². The van der Waals surface area contributed by atoms with Gasteiger partial charge in [0.15, 0.2) is 0 Å². The van der Waals surface area contributed by atoms with Crippen molar-refractivity contribution in [1.29, 1.82) is 0 Å². The van der Waals surface area contributed by atoms with Crippen LogP contribution in [0.2, 0.25) is 0 Å². The molecule has 4 aliphatic carbocycles. The zero-order valence-corrected chi connectivity index (χ0v) is 20.9. The molecular weight excluding hydrogens is 368 g/mol. The molecule has 4 fully saturated rings. The van der Waals surface area contributed by atoms with Gasteiger partial charge in [0.2, 0.25) is 0 Å². The van der Waals surface area contributed by atoms with Gasteiger partial charge in [-0.15, -0.1) is 0 Å². The maximum Gasteiger partial charge on any atom is 0.0608 e. The van der Waals surface area contributed by atoms with E-state index in [9.17, 15) is 0 Å². The van der Waals surface area contributed by atoms with Crippen molar-refractivity contribution in [2.45, 2.75) is 105 Å². The highest BCUT2D eigenvalue weighted by atomic mass is 16.5. The number of methoxy groups -OCH3 is 2. The Morgan fingerprint density at radius 3 is 2.30 bits per heavy atom. The van der Waals surface area contributed by atoms with E-state index < -0.39 is 0 Å². The zero-order valence-electron chi connectivity index (χ0n) is 20.9. The highest BCUT2D eigenvalue weighted by Gasteiger charge is 2.63. The summed E-state index contributed by atoms with van der Waals surface area (Å²) in [5.41, 5.74) is 2.49. The molecule has 0 heterocycles. The quantitative estimate of drug-likeness (QED) is 0.438. The van der Waals surface area contributed by atoms with Crippen molar-refractivity contribution >= 4 is 0 Å². The Morgan fingerprint density at radius 1 is 0.933 bits per heavy atom. The highest BCUT2D eigenvalue weighted by molar-refractivity contribution is 5.12. The minimum absolute atomic E-state index is 0.458. The average molecular weight is 417 g/mol. The third-order valence-electron chi connectivity index (χ3n) is 10.9. The molecule has 0 unspecified atom stereocenters. The molecule has 2 nitrogen and oxygen atoms in total. The standard InChI is InChI=1S/C28H48O2/c1-18(2)8-9-19(3)22-10-11-23-26-24(13-15-28(22,23)5)27(4)14-12-21(29-6)16-20(27)17-25(26)30-7/h8,19-26H,9-17H2,1-7H3/t19-,20+,21-,22-,23+,24+,25-,26+,27+,28-/m1/s1. The largest absolute Gasteiger partial charge is 0.381 e. The van der Waals surface area contributed by atoms with Crippen LogP contribution in [0.15, 0.2) is 11.6 Å². The lowest BCUT2D eigenvalue weighted by molar-refractivity contribution is -0.183. The van der Waals surface area contributed by atoms with Gasteiger partial charge in [0.25, 0.3) is 0 Å². The van der Waals surface area contributed by atoms with Crippen LogP contribution >= 0.6 is 0 Å². The Hall–Kier alpha value is -0.340. The lowest BCUT2D eigenvalue weighted by Crippen LogP contribution is -2.59. The van der Waals surface area contributed by atoms with Gasteiger partial charge in [-0.3, -0.25) is 0 Å². The number of rotatable bonds is 5. The van der Waals surface area contributed by atoms with Crippen molar-refractivity contribution in [1.82, 2.24) is 0 Å². The van der Waals surface area contributed by atoms with Gasteiger partial charge in [-0.2, -0.15) is 0 Å². The first kappa shape index (κ1) is 22.8. The van der Waals surface area contributed by atoms with Crippen LogP contribution in [-0.4, -0.2) is 26.4 Å². The Morgan fingerprint density at radius 2 is 1.63 bits per heavy atom. The van der Waals surface area contributed by atoms with E-state index >= 15 is 0 Å². The molecule has 0 radical (unpaired) electrons. The monoisotopic (exact) mass is 416 g/mol. The average Bonchev–Trinajstić information content (AvgIpc) is 3.08. The van der Waals surface area contributed by atoms with Crippen LogP contribution < -0.4 is 0 Å². The van der Waals surface area contributed by atoms with E-state index in [4.69, 9.17) is 9.47 Å². The molecule has 2 heteroatoms. The summed E-state index contributed by atoms with van der Waals surface area (Å²) < 4.78 is 12.1. The van der Waals surface area contributed by atoms with Crippen LogP contribution in [0, 0.1) is 46.3 Å². The van der Waals surface area contributed by atoms with Crippen molar-refractivity contribution in [3.05, 3.63) is 11.6 Å². The van der Waals surface area contributed by atoms with Crippen molar-refractivity contribution < 1.29 is 9.47 Å². The van der Waals surface area contributed by atoms with Crippen LogP contribution in [-0.2, 0) is 9.47 Å². The molecule has 0 aromatic heterocycles. The zero-order chi connectivity index (χ0) is 21.7. The number of fused-ring (bicyclic) bond motifs is 5. The lowest BCUT2D eigenvalue weighted by Gasteiger charge is -2.63. The van der Waals surface area contributed by atoms with Gasteiger partial charge in [-0.1, -0.05) is 32.4 Å². The third-order valence-corrected chi connectivity index (χ3v) is 10.9. The predicted octanol–water partition coefficient (Wildman–Crippen LogP) is 7.28. The van der Waals surface area contributed by atoms with Gasteiger partial charge in [0.1, 0.15) is 0 Å². The smallest absolute Gasteiger partial charge is 0.0608 e. The van der Waals surface area contributed by atoms with E-state index in [-0.39, 0.29) is 0 Å². The van der Waals surface area contributed by atoms with E-state index in [0.29, 0.717) is 23.0 Å². The molecular formula is C28H48O2. The fourth-order valence-electron chi connectivity index (χ4n) is 9.18. The summed E-state index contributed by atoms with van der Waals surface area (Å²) in [5, 5.41) is 0. The van der Waals surface area contributed by atoms with Crippen LogP contribution in [0.1, 0.15) is 92.4 Å². The second-order valence-corrected chi connectivity index (χ2v) is 12.4. The SMILES string of the molecule is CO[C@@H]1CC[C@@]2(C)[C@@H](C1)C[C@@H](OC)[C@@H]1[C@@H]2CC[C@]2(C)[C@@H]([C@H](C)CC=C(C)C)CC[C@@H]12. The van der Waals surface area contributed by atoms with Crippen molar-refractivity contribution in [2.24, 2.45) is 46.3 Å². The number of hydrogen-bond acceptors (Lipinski definition) is 2. The summed E-state index contributed by atoms with van der Waals surface area (Å²) in [4.78, 5) is 0. The summed E-state index contributed by atoms with van der Waals surface area (Å²) >= 11 is 0. The van der Waals surface area contributed by atoms with E-state index in [0.717, 1.165) is 35.5 Å². The molecule has 0 saturated heterocycles. The summed E-state index contributed by atoms with van der Waals surface area (Å²) in [5.74, 6) is 4.94. The molecule has 10 atom stereocenters. The molecule has 30 heavy (non-hydrogen) atoms. The first-order valence-corrected chi connectivity index (χ1v) is 12.9. The Balaban J connectivity index is 1.59. The molecule has 0 aliphatic heterocycles. The normalized spacial score (nSPS) is 49.0. The van der Waals surface area contributed by atoms with Crippen molar-refractivity contribution in [2.75, 3.05) is 14.2 Å². The van der Waals surface area contributed by atoms with Crippen molar-refractivity contribution in [3.8, 4) is 0 Å². The van der Waals surface area contributed by atoms with Crippen LogP contribution in [0.25, 0.3) is 0 Å². The Labute approximate surface area is 186 Å². The van der Waals surface area contributed by atoms with Gasteiger partial charge in [-0.25, -0.2) is 0 Å². The molecule has 0 spiro atoms. The van der Waals surface area contributed by atoms with Crippen LogP contribution in [0.3, 0.4) is 0 Å². The van der Waals surface area contributed by atoms with Gasteiger partial charge in [-0.05, 0) is 118 Å². The maximum absolute atomic E-state index is 6.30. The molecule has 4 saturated carbocycles. The lowest BCUT2D eigenvalue weighted by atomic mass is 9.43. The third kappa shape index (κ3) is 3.62. The molecule has 0 bridgehead atoms. The minimum Gasteiger partial charge on any atom is -0.381 e. The fraction of sp³-hybridized carbons (Fsp3) is 0.929. The number of allylic oxidation sites excluding steroid dienone is 2. The van der Waals surface area contributed by atoms with Gasteiger partial charge in [0.05, 0.1) is 12.2 Å². The van der Waals surface area contributed by atoms with E-state index in [1.807, 2.05) is 14.2 Å². The Bertz CT molecular complexity index is 637. The summed E-state index contributed by atoms with van der Waals surface area (Å²) in [6, 6.07) is 0. The Kier molecular flexibility index (Phi) is 6.50. The van der Waals surface area contributed by atoms with Crippen LogP contribution in [0.5, 0.6) is 0 Å². The van der Waals surface area contributed by atoms with E-state index in [1.165, 1.54) is 63.4 Å². The molecule has 4 aliphatic rings. The summed E-state index contributed by atoms with van der Waals surface area (Å²) in [6.07, 6.45) is 15.5. The van der Waals surface area contributed by atoms with Crippen LogP contribution in [0.4, 0.5) is 0 Å². The fourth-order valence-corrected chi connectivity index (χ4v) is 9.18. The molecule has 0 amide bonds. The molecule has 0 N–H and O–H groups in total. The first-order valence-electron chi connectivity index (χ1n) is 12.9. The van der Waals surface area contributed by atoms with Gasteiger partial charge >= 0.3 is 0 Å². The number of ether oxygens (including phenoxy) is 2. The van der Waals surface area contributed by atoms with E-state index in [2.05, 4.69) is 40.7 Å². The highest BCUT2D eigenvalue weighted by Crippen LogP contribution is 2.68. The molecule has 4 rings (SSSR count). The van der Waals surface area contributed by atoms with Gasteiger partial charge in [0, 0.05) is 14.2 Å². The predicted molar refractivity (Wildman–Crippen MR) is 125 cm³/mol. The second kappa shape index (κ2) is 8.54. The van der Waals surface area contributed by atoms with E-state index in [1.54, 1.807) is 0 Å². The summed E-state index contributed by atoms with van der Waals surface area (Å²) in [6.45, 7) is 12.4. The molecule has 0 aromatic rings. The molecule has 0 aromatic carbocycles. The van der Waals surface area contributed by atoms with Crippen molar-refractivity contribution in [3.63, 3.8) is 0 Å². The topological polar surface area (TPSA) is 18.5 Å².